The summed E-state index contributed by atoms with van der Waals surface area (Å²) in [4.78, 5) is 25.4. The topological polar surface area (TPSA) is 68.2 Å². The third-order valence-corrected chi connectivity index (χ3v) is 4.92. The molecule has 0 radical (unpaired) electrons. The minimum absolute atomic E-state index is 0.217. The Kier molecular flexibility index (Phi) is 6.31. The van der Waals surface area contributed by atoms with Gasteiger partial charge in [-0.05, 0) is 74.0 Å². The average molecular weight is 444 g/mol. The number of hydrogen-bond acceptors (Lipinski definition) is 5. The number of amides is 1. The summed E-state index contributed by atoms with van der Waals surface area (Å²) in [6.07, 6.45) is 1.72. The van der Waals surface area contributed by atoms with E-state index in [0.717, 1.165) is 0 Å². The Bertz CT molecular complexity index is 1250. The SMILES string of the molecule is CCOc1cc(C=C2C(=O)N(c3ccccc3)N=C2C)ccc1OC(=O)c1ccc(F)cc1. The first kappa shape index (κ1) is 22.0. The van der Waals surface area contributed by atoms with Crippen LogP contribution in [0.3, 0.4) is 0 Å². The van der Waals surface area contributed by atoms with E-state index in [4.69, 9.17) is 9.47 Å². The molecule has 0 aliphatic carbocycles. The number of halogens is 1. The summed E-state index contributed by atoms with van der Waals surface area (Å²) in [7, 11) is 0. The van der Waals surface area contributed by atoms with E-state index < -0.39 is 11.8 Å². The van der Waals surface area contributed by atoms with Crippen molar-refractivity contribution in [3.05, 3.63) is 95.3 Å². The van der Waals surface area contributed by atoms with Crippen LogP contribution in [0.1, 0.15) is 29.8 Å². The molecule has 0 aromatic heterocycles. The van der Waals surface area contributed by atoms with Crippen LogP contribution >= 0.6 is 0 Å². The number of esters is 1. The van der Waals surface area contributed by atoms with Crippen LogP contribution < -0.4 is 14.5 Å². The molecule has 7 heteroatoms. The Balaban J connectivity index is 1.59. The predicted octanol–water partition coefficient (Wildman–Crippen LogP) is 5.25. The quantitative estimate of drug-likeness (QED) is 0.296. The molecule has 1 heterocycles. The van der Waals surface area contributed by atoms with Crippen LogP contribution in [0.25, 0.3) is 6.08 Å². The van der Waals surface area contributed by atoms with Crippen molar-refractivity contribution in [2.75, 3.05) is 11.6 Å². The van der Waals surface area contributed by atoms with Gasteiger partial charge in [0.15, 0.2) is 11.5 Å². The molecule has 0 bridgehead atoms. The number of carbonyl (C=O) groups excluding carboxylic acids is 2. The highest BCUT2D eigenvalue weighted by Crippen LogP contribution is 2.31. The summed E-state index contributed by atoms with van der Waals surface area (Å²) in [5.74, 6) is -0.729. The van der Waals surface area contributed by atoms with E-state index in [0.29, 0.717) is 34.9 Å². The lowest BCUT2D eigenvalue weighted by atomic mass is 10.1. The minimum Gasteiger partial charge on any atom is -0.490 e. The monoisotopic (exact) mass is 444 g/mol. The van der Waals surface area contributed by atoms with Gasteiger partial charge in [0.2, 0.25) is 0 Å². The molecule has 0 atom stereocenters. The van der Waals surface area contributed by atoms with Crippen molar-refractivity contribution < 1.29 is 23.5 Å². The van der Waals surface area contributed by atoms with Gasteiger partial charge in [-0.25, -0.2) is 9.18 Å². The first-order valence-corrected chi connectivity index (χ1v) is 10.4. The third-order valence-electron chi connectivity index (χ3n) is 4.92. The molecule has 0 spiro atoms. The van der Waals surface area contributed by atoms with Crippen molar-refractivity contribution in [3.8, 4) is 11.5 Å². The standard InChI is InChI=1S/C26H21FN2O4/c1-3-32-24-16-18(9-14-23(24)33-26(31)19-10-12-20(27)13-11-19)15-22-17(2)28-29(25(22)30)21-7-5-4-6-8-21/h4-16H,3H2,1-2H3. The average Bonchev–Trinajstić information content (AvgIpc) is 3.10. The van der Waals surface area contributed by atoms with Gasteiger partial charge < -0.3 is 9.47 Å². The molecule has 0 saturated carbocycles. The van der Waals surface area contributed by atoms with Crippen LogP contribution in [0.15, 0.2) is 83.5 Å². The van der Waals surface area contributed by atoms with Gasteiger partial charge in [-0.2, -0.15) is 10.1 Å². The Morgan fingerprint density at radius 3 is 2.45 bits per heavy atom. The van der Waals surface area contributed by atoms with Gasteiger partial charge in [-0.3, -0.25) is 4.79 Å². The number of carbonyl (C=O) groups is 2. The van der Waals surface area contributed by atoms with Crippen LogP contribution in [-0.2, 0) is 4.79 Å². The fraction of sp³-hybridized carbons (Fsp3) is 0.115. The molecule has 166 valence electrons. The molecule has 0 saturated heterocycles. The van der Waals surface area contributed by atoms with Crippen LogP contribution in [0.4, 0.5) is 10.1 Å². The summed E-state index contributed by atoms with van der Waals surface area (Å²) < 4.78 is 24.2. The maximum absolute atomic E-state index is 13.1. The molecule has 1 amide bonds. The lowest BCUT2D eigenvalue weighted by Crippen LogP contribution is -2.21. The van der Waals surface area contributed by atoms with Crippen LogP contribution in [0.2, 0.25) is 0 Å². The highest BCUT2D eigenvalue weighted by Gasteiger charge is 2.28. The fourth-order valence-corrected chi connectivity index (χ4v) is 3.31. The maximum Gasteiger partial charge on any atom is 0.343 e. The second kappa shape index (κ2) is 9.48. The number of anilines is 1. The molecule has 0 unspecified atom stereocenters. The van der Waals surface area contributed by atoms with Gasteiger partial charge >= 0.3 is 5.97 Å². The summed E-state index contributed by atoms with van der Waals surface area (Å²) in [5, 5.41) is 5.74. The van der Waals surface area contributed by atoms with Gasteiger partial charge in [-0.1, -0.05) is 24.3 Å². The Hall–Kier alpha value is -4.26. The molecule has 3 aromatic carbocycles. The van der Waals surface area contributed by atoms with E-state index in [1.54, 1.807) is 31.2 Å². The van der Waals surface area contributed by atoms with E-state index in [9.17, 15) is 14.0 Å². The molecule has 1 aliphatic heterocycles. The highest BCUT2D eigenvalue weighted by molar-refractivity contribution is 6.32. The van der Waals surface area contributed by atoms with Gasteiger partial charge in [-0.15, -0.1) is 0 Å². The predicted molar refractivity (Wildman–Crippen MR) is 124 cm³/mol. The molecule has 33 heavy (non-hydrogen) atoms. The van der Waals surface area contributed by atoms with Crippen LogP contribution in [0, 0.1) is 5.82 Å². The van der Waals surface area contributed by atoms with E-state index in [-0.39, 0.29) is 17.2 Å². The number of hydrazone groups is 1. The Labute approximate surface area is 190 Å². The van der Waals surface area contributed by atoms with E-state index in [1.165, 1.54) is 29.3 Å². The summed E-state index contributed by atoms with van der Waals surface area (Å²) in [6, 6.07) is 19.3. The minimum atomic E-state index is -0.630. The molecular formula is C26H21FN2O4. The van der Waals surface area contributed by atoms with Crippen molar-refractivity contribution in [2.45, 2.75) is 13.8 Å². The first-order chi connectivity index (χ1) is 16.0. The maximum atomic E-state index is 13.1. The van der Waals surface area contributed by atoms with E-state index in [1.807, 2.05) is 37.3 Å². The van der Waals surface area contributed by atoms with Crippen molar-refractivity contribution in [1.29, 1.82) is 0 Å². The van der Waals surface area contributed by atoms with Gasteiger partial charge in [0.1, 0.15) is 5.82 Å². The number of benzene rings is 3. The zero-order chi connectivity index (χ0) is 23.4. The third kappa shape index (κ3) is 4.82. The smallest absolute Gasteiger partial charge is 0.343 e. The zero-order valence-corrected chi connectivity index (χ0v) is 18.1. The number of hydrogen-bond donors (Lipinski definition) is 0. The van der Waals surface area contributed by atoms with Crippen molar-refractivity contribution in [3.63, 3.8) is 0 Å². The Morgan fingerprint density at radius 1 is 1.03 bits per heavy atom. The summed E-state index contributed by atoms with van der Waals surface area (Å²) in [6.45, 7) is 3.93. The van der Waals surface area contributed by atoms with Crippen molar-refractivity contribution in [1.82, 2.24) is 0 Å². The molecule has 6 nitrogen and oxygen atoms in total. The molecule has 4 rings (SSSR count). The highest BCUT2D eigenvalue weighted by atomic mass is 19.1. The summed E-state index contributed by atoms with van der Waals surface area (Å²) >= 11 is 0. The van der Waals surface area contributed by atoms with Gasteiger partial charge in [0.05, 0.1) is 29.1 Å². The fourth-order valence-electron chi connectivity index (χ4n) is 3.31. The summed E-state index contributed by atoms with van der Waals surface area (Å²) in [5.41, 5.74) is 2.64. The zero-order valence-electron chi connectivity index (χ0n) is 18.1. The number of rotatable bonds is 6. The molecule has 1 aliphatic rings. The molecular weight excluding hydrogens is 423 g/mol. The van der Waals surface area contributed by atoms with E-state index >= 15 is 0 Å². The Morgan fingerprint density at radius 2 is 1.76 bits per heavy atom. The van der Waals surface area contributed by atoms with Gasteiger partial charge in [0.25, 0.3) is 5.91 Å². The second-order valence-electron chi connectivity index (χ2n) is 7.23. The molecule has 0 fully saturated rings. The van der Waals surface area contributed by atoms with Gasteiger partial charge in [0, 0.05) is 0 Å². The number of ether oxygens (including phenoxy) is 2. The van der Waals surface area contributed by atoms with Crippen molar-refractivity contribution >= 4 is 29.4 Å². The van der Waals surface area contributed by atoms with Crippen LogP contribution in [0.5, 0.6) is 11.5 Å². The number of nitrogens with zero attached hydrogens (tertiary/aromatic N) is 2. The lowest BCUT2D eigenvalue weighted by Gasteiger charge is -2.12. The molecule has 0 N–H and O–H groups in total. The molecule has 3 aromatic rings. The second-order valence-corrected chi connectivity index (χ2v) is 7.23. The van der Waals surface area contributed by atoms with Crippen molar-refractivity contribution in [2.24, 2.45) is 5.10 Å². The largest absolute Gasteiger partial charge is 0.490 e. The number of para-hydroxylation sites is 1. The normalized spacial score (nSPS) is 14.4. The lowest BCUT2D eigenvalue weighted by molar-refractivity contribution is -0.114. The van der Waals surface area contributed by atoms with E-state index in [2.05, 4.69) is 5.10 Å². The van der Waals surface area contributed by atoms with Crippen LogP contribution in [-0.4, -0.2) is 24.2 Å². The first-order valence-electron chi connectivity index (χ1n) is 10.4.